The summed E-state index contributed by atoms with van der Waals surface area (Å²) >= 11 is 1.32. The van der Waals surface area contributed by atoms with Crippen LogP contribution in [-0.4, -0.2) is 63.9 Å². The van der Waals surface area contributed by atoms with Crippen molar-refractivity contribution in [3.8, 4) is 11.4 Å². The number of nitrogens with zero attached hydrogens (tertiary/aromatic N) is 4. The molecule has 1 saturated carbocycles. The number of allylic oxidation sites excluding steroid dienone is 1. The Balaban J connectivity index is 1.54. The van der Waals surface area contributed by atoms with Gasteiger partial charge in [0.15, 0.2) is 0 Å². The van der Waals surface area contributed by atoms with E-state index in [1.807, 2.05) is 11.2 Å². The lowest BCUT2D eigenvalue weighted by molar-refractivity contribution is -0.128. The minimum atomic E-state index is -2.85. The van der Waals surface area contributed by atoms with Gasteiger partial charge in [-0.3, -0.25) is 10.1 Å². The van der Waals surface area contributed by atoms with Crippen molar-refractivity contribution in [2.24, 2.45) is 11.3 Å². The highest BCUT2D eigenvalue weighted by molar-refractivity contribution is 7.96. The summed E-state index contributed by atoms with van der Waals surface area (Å²) in [5.74, 6) is -2.72. The first-order chi connectivity index (χ1) is 15.3. The molecule has 2 aliphatic rings. The Hall–Kier alpha value is -2.47. The number of alkyl halides is 4. The van der Waals surface area contributed by atoms with E-state index in [1.165, 1.54) is 30.5 Å². The van der Waals surface area contributed by atoms with E-state index < -0.39 is 29.4 Å². The highest BCUT2D eigenvalue weighted by atomic mass is 32.2. The van der Waals surface area contributed by atoms with Crippen molar-refractivity contribution in [2.45, 2.75) is 25.2 Å². The Kier molecular flexibility index (Phi) is 6.26. The minimum Gasteiger partial charge on any atom is -0.355 e. The normalized spacial score (nSPS) is 21.6. The van der Waals surface area contributed by atoms with Crippen LogP contribution >= 0.6 is 11.9 Å². The number of hydrogen-bond acceptors (Lipinski definition) is 7. The van der Waals surface area contributed by atoms with Crippen LogP contribution in [0.4, 0.5) is 23.4 Å². The first-order valence-electron chi connectivity index (χ1n) is 10.1. The smallest absolute Gasteiger partial charge is 0.279 e. The number of rotatable bonds is 8. The van der Waals surface area contributed by atoms with Gasteiger partial charge >= 0.3 is 0 Å². The van der Waals surface area contributed by atoms with Gasteiger partial charge in [0.2, 0.25) is 0 Å². The van der Waals surface area contributed by atoms with Crippen LogP contribution in [0.1, 0.15) is 18.7 Å². The van der Waals surface area contributed by atoms with Gasteiger partial charge in [0.1, 0.15) is 18.0 Å². The van der Waals surface area contributed by atoms with E-state index in [2.05, 4.69) is 24.7 Å². The Morgan fingerprint density at radius 2 is 2.16 bits per heavy atom. The predicted molar refractivity (Wildman–Crippen MR) is 116 cm³/mol. The number of hydrogen-bond donors (Lipinski definition) is 3. The van der Waals surface area contributed by atoms with Crippen LogP contribution in [0.2, 0.25) is 0 Å². The number of halogens is 4. The molecule has 4 rings (SSSR count). The van der Waals surface area contributed by atoms with Gasteiger partial charge in [-0.1, -0.05) is 11.9 Å². The van der Waals surface area contributed by atoms with E-state index in [9.17, 15) is 8.78 Å². The molecule has 0 amide bonds. The summed E-state index contributed by atoms with van der Waals surface area (Å²) in [5.41, 5.74) is -0.788. The van der Waals surface area contributed by atoms with Gasteiger partial charge in [-0.15, -0.1) is 0 Å². The van der Waals surface area contributed by atoms with Crippen molar-refractivity contribution in [2.75, 3.05) is 30.8 Å². The molecule has 12 heteroatoms. The van der Waals surface area contributed by atoms with Crippen LogP contribution < -0.4 is 9.62 Å². The Morgan fingerprint density at radius 3 is 2.84 bits per heavy atom. The molecule has 7 nitrogen and oxygen atoms in total. The fourth-order valence-corrected chi connectivity index (χ4v) is 4.37. The van der Waals surface area contributed by atoms with Crippen LogP contribution in [0.15, 0.2) is 24.7 Å². The molecule has 1 spiro atoms. The van der Waals surface area contributed by atoms with Crippen molar-refractivity contribution in [1.82, 2.24) is 24.7 Å². The number of piperidine rings is 1. The summed E-state index contributed by atoms with van der Waals surface area (Å²) in [6.45, 7) is 0.610. The first kappa shape index (κ1) is 22.7. The second-order valence-corrected chi connectivity index (χ2v) is 8.76. The van der Waals surface area contributed by atoms with Gasteiger partial charge in [0, 0.05) is 25.7 Å². The van der Waals surface area contributed by atoms with Crippen molar-refractivity contribution in [1.29, 1.82) is 5.41 Å². The van der Waals surface area contributed by atoms with Crippen LogP contribution in [-0.2, 0) is 0 Å². The van der Waals surface area contributed by atoms with Crippen LogP contribution in [0.3, 0.4) is 0 Å². The topological polar surface area (TPSA) is 93.6 Å². The van der Waals surface area contributed by atoms with Gasteiger partial charge in [-0.25, -0.2) is 32.5 Å². The summed E-state index contributed by atoms with van der Waals surface area (Å²) in [6.07, 6.45) is 5.07. The fraction of sp³-hybridized carbons (Fsp3) is 0.500. The zero-order valence-electron chi connectivity index (χ0n) is 17.3. The average molecular weight is 470 g/mol. The lowest BCUT2D eigenvalue weighted by atomic mass is 9.82. The van der Waals surface area contributed by atoms with Crippen LogP contribution in [0.25, 0.3) is 17.5 Å². The van der Waals surface area contributed by atoms with Crippen molar-refractivity contribution >= 4 is 29.6 Å². The van der Waals surface area contributed by atoms with E-state index in [-0.39, 0.29) is 19.6 Å². The highest BCUT2D eigenvalue weighted by Crippen LogP contribution is 2.62. The number of H-pyrrole nitrogens is 1. The summed E-state index contributed by atoms with van der Waals surface area (Å²) in [4.78, 5) is 17.5. The lowest BCUT2D eigenvalue weighted by Gasteiger charge is -2.45. The third-order valence-corrected chi connectivity index (χ3v) is 6.44. The quantitative estimate of drug-likeness (QED) is 0.309. The standard InChI is InChI=1S/C20H23F4N7S/c1-32-29-7-12-9-31(10-19(4-5-19)20(12,23)24)17-6-14(27-11-28-17)15-8-26-16(30-15)3-2-13(25)18(21)22/h2-3,6,8,11-12,18,25,29H,4-5,7,9-10H2,1H3,(H,26,30)/b3-2-,25-13?. The number of aromatic amines is 1. The van der Waals surface area contributed by atoms with Gasteiger partial charge in [-0.05, 0) is 31.2 Å². The van der Waals surface area contributed by atoms with E-state index in [0.29, 0.717) is 35.9 Å². The number of imidazole rings is 1. The SMILES string of the molecule is CSNCC1CN(c2cc(-c3cnc(/C=C\C(=N)C(F)F)[nH]3)ncn2)CC2(CC2)C1(F)F. The molecule has 3 heterocycles. The summed E-state index contributed by atoms with van der Waals surface area (Å²) < 4.78 is 58.0. The maximum atomic E-state index is 15.1. The predicted octanol–water partition coefficient (Wildman–Crippen LogP) is 3.88. The van der Waals surface area contributed by atoms with E-state index in [4.69, 9.17) is 5.41 Å². The molecular formula is C20H23F4N7S. The zero-order valence-corrected chi connectivity index (χ0v) is 18.1. The Bertz CT molecular complexity index is 1010. The summed E-state index contributed by atoms with van der Waals surface area (Å²) in [7, 11) is 0. The summed E-state index contributed by atoms with van der Waals surface area (Å²) in [5, 5.41) is 7.17. The second kappa shape index (κ2) is 8.81. The molecule has 1 atom stereocenters. The van der Waals surface area contributed by atoms with Gasteiger partial charge in [0.25, 0.3) is 12.3 Å². The molecule has 0 aromatic carbocycles. The molecule has 172 valence electrons. The maximum Gasteiger partial charge on any atom is 0.279 e. The Morgan fingerprint density at radius 1 is 1.38 bits per heavy atom. The number of aromatic nitrogens is 4. The highest BCUT2D eigenvalue weighted by Gasteiger charge is 2.67. The molecule has 2 aromatic rings. The van der Waals surface area contributed by atoms with E-state index >= 15 is 8.78 Å². The molecule has 2 aromatic heterocycles. The molecule has 1 unspecified atom stereocenters. The molecule has 2 fully saturated rings. The maximum absolute atomic E-state index is 15.1. The molecule has 3 N–H and O–H groups in total. The molecule has 1 aliphatic carbocycles. The van der Waals surface area contributed by atoms with E-state index in [0.717, 1.165) is 6.08 Å². The monoisotopic (exact) mass is 469 g/mol. The van der Waals surface area contributed by atoms with Crippen molar-refractivity contribution < 1.29 is 17.6 Å². The number of anilines is 1. The molecule has 32 heavy (non-hydrogen) atoms. The average Bonchev–Trinajstić information content (AvgIpc) is 3.40. The minimum absolute atomic E-state index is 0.172. The van der Waals surface area contributed by atoms with Crippen molar-refractivity contribution in [3.63, 3.8) is 0 Å². The van der Waals surface area contributed by atoms with Gasteiger partial charge < -0.3 is 9.88 Å². The van der Waals surface area contributed by atoms with Crippen LogP contribution in [0.5, 0.6) is 0 Å². The van der Waals surface area contributed by atoms with Gasteiger partial charge in [0.05, 0.1) is 34.6 Å². The molecule has 0 bridgehead atoms. The summed E-state index contributed by atoms with van der Waals surface area (Å²) in [6, 6.07) is 1.71. The molecule has 0 radical (unpaired) electrons. The largest absolute Gasteiger partial charge is 0.355 e. The second-order valence-electron chi connectivity index (χ2n) is 8.07. The molecular weight excluding hydrogens is 446 g/mol. The zero-order chi connectivity index (χ0) is 22.9. The number of nitrogens with one attached hydrogen (secondary N) is 3. The fourth-order valence-electron chi connectivity index (χ4n) is 4.00. The third kappa shape index (κ3) is 4.38. The lowest BCUT2D eigenvalue weighted by Crippen LogP contribution is -2.57. The third-order valence-electron chi connectivity index (χ3n) is 5.99. The van der Waals surface area contributed by atoms with E-state index in [1.54, 1.807) is 6.07 Å². The van der Waals surface area contributed by atoms with Crippen LogP contribution in [0, 0.1) is 16.7 Å². The first-order valence-corrected chi connectivity index (χ1v) is 11.3. The van der Waals surface area contributed by atoms with Gasteiger partial charge in [-0.2, -0.15) is 0 Å². The van der Waals surface area contributed by atoms with Crippen molar-refractivity contribution in [3.05, 3.63) is 30.5 Å². The molecule has 1 saturated heterocycles. The molecule has 1 aliphatic heterocycles. The Labute approximate surface area is 186 Å².